The first-order chi connectivity index (χ1) is 9.06. The predicted molar refractivity (Wildman–Crippen MR) is 77.4 cm³/mol. The number of halogens is 2. The highest BCUT2D eigenvalue weighted by atomic mass is 35.5. The maximum Gasteiger partial charge on any atom is 0.128 e. The number of H-pyrrole nitrogens is 1. The van der Waals surface area contributed by atoms with Crippen LogP contribution in [-0.4, -0.2) is 12.1 Å². The van der Waals surface area contributed by atoms with Gasteiger partial charge in [-0.2, -0.15) is 0 Å². The van der Waals surface area contributed by atoms with Gasteiger partial charge in [0.05, 0.1) is 12.8 Å². The molecule has 0 unspecified atom stereocenters. The molecule has 1 heterocycles. The molecule has 0 spiro atoms. The summed E-state index contributed by atoms with van der Waals surface area (Å²) in [6.45, 7) is 3.30. The van der Waals surface area contributed by atoms with Gasteiger partial charge in [-0.3, -0.25) is 0 Å². The van der Waals surface area contributed by atoms with E-state index in [1.165, 1.54) is 6.92 Å². The van der Waals surface area contributed by atoms with Crippen LogP contribution in [0.1, 0.15) is 13.8 Å². The first-order valence-corrected chi connectivity index (χ1v) is 6.30. The van der Waals surface area contributed by atoms with Crippen LogP contribution >= 0.6 is 11.6 Å². The number of aromatic amines is 1. The Hall–Kier alpha value is -1.74. The Morgan fingerprint density at radius 3 is 2.63 bits per heavy atom. The summed E-state index contributed by atoms with van der Waals surface area (Å²) in [6.07, 6.45) is 1.83. The zero-order chi connectivity index (χ0) is 14.0. The van der Waals surface area contributed by atoms with Gasteiger partial charge in [0.25, 0.3) is 0 Å². The first-order valence-electron chi connectivity index (χ1n) is 5.92. The molecule has 1 aromatic heterocycles. The molecule has 19 heavy (non-hydrogen) atoms. The number of hydrogen-bond acceptors (Lipinski definition) is 1. The summed E-state index contributed by atoms with van der Waals surface area (Å²) in [7, 11) is 1.59. The maximum absolute atomic E-state index is 13.5. The van der Waals surface area contributed by atoms with Crippen molar-refractivity contribution >= 4 is 23.5 Å². The molecule has 0 fully saturated rings. The third kappa shape index (κ3) is 2.66. The summed E-state index contributed by atoms with van der Waals surface area (Å²) in [6, 6.07) is 7.11. The van der Waals surface area contributed by atoms with E-state index in [0.29, 0.717) is 16.0 Å². The van der Waals surface area contributed by atoms with Gasteiger partial charge in [0.15, 0.2) is 0 Å². The second-order valence-electron chi connectivity index (χ2n) is 4.18. The maximum atomic E-state index is 13.5. The molecule has 2 rings (SSSR count). The number of aromatic nitrogens is 1. The molecular formula is C15H15ClFNO. The van der Waals surface area contributed by atoms with Crippen molar-refractivity contribution in [1.29, 1.82) is 0 Å². The van der Waals surface area contributed by atoms with Crippen molar-refractivity contribution < 1.29 is 9.13 Å². The molecule has 0 bridgehead atoms. The number of benzene rings is 1. The average Bonchev–Trinajstić information content (AvgIpc) is 2.82. The van der Waals surface area contributed by atoms with Crippen LogP contribution in [0.2, 0.25) is 5.02 Å². The lowest BCUT2D eigenvalue weighted by atomic mass is 10.1. The van der Waals surface area contributed by atoms with Crippen molar-refractivity contribution in [3.8, 4) is 17.0 Å². The fourth-order valence-electron chi connectivity index (χ4n) is 2.02. The molecular weight excluding hydrogens is 265 g/mol. The van der Waals surface area contributed by atoms with Gasteiger partial charge >= 0.3 is 0 Å². The van der Waals surface area contributed by atoms with Crippen molar-refractivity contribution in [2.45, 2.75) is 13.8 Å². The second kappa shape index (κ2) is 5.49. The SMILES string of the molecule is CC=c1[nH]c(-c2cc(Cl)ccc2OC)cc1=C(C)F. The standard InChI is InChI=1S/C15H15ClFNO/c1-4-13-11(9(2)17)8-14(18-13)12-7-10(16)5-6-15(12)19-3/h4-8,18H,1-3H3. The molecule has 2 nitrogen and oxygen atoms in total. The van der Waals surface area contributed by atoms with Crippen LogP contribution in [-0.2, 0) is 0 Å². The molecule has 0 atom stereocenters. The summed E-state index contributed by atoms with van der Waals surface area (Å²) in [5, 5.41) is 1.91. The number of hydrogen-bond donors (Lipinski definition) is 1. The third-order valence-corrected chi connectivity index (χ3v) is 3.19. The van der Waals surface area contributed by atoms with E-state index < -0.39 is 0 Å². The Labute approximate surface area is 116 Å². The highest BCUT2D eigenvalue weighted by molar-refractivity contribution is 6.30. The Morgan fingerprint density at radius 2 is 2.11 bits per heavy atom. The van der Waals surface area contributed by atoms with E-state index in [9.17, 15) is 4.39 Å². The molecule has 0 aliphatic carbocycles. The first kappa shape index (κ1) is 13.7. The van der Waals surface area contributed by atoms with E-state index in [4.69, 9.17) is 16.3 Å². The Morgan fingerprint density at radius 1 is 1.37 bits per heavy atom. The van der Waals surface area contributed by atoms with Gasteiger partial charge in [0, 0.05) is 21.2 Å². The smallest absolute Gasteiger partial charge is 0.128 e. The van der Waals surface area contributed by atoms with Crippen LogP contribution in [0, 0.1) is 0 Å². The lowest BCUT2D eigenvalue weighted by molar-refractivity contribution is 0.416. The Bertz CT molecular complexity index is 714. The molecule has 4 heteroatoms. The number of ether oxygens (including phenoxy) is 1. The number of nitrogens with one attached hydrogen (secondary N) is 1. The van der Waals surface area contributed by atoms with Crippen LogP contribution < -0.4 is 15.3 Å². The Kier molecular flexibility index (Phi) is 3.96. The van der Waals surface area contributed by atoms with Crippen molar-refractivity contribution in [3.05, 3.63) is 39.9 Å². The third-order valence-electron chi connectivity index (χ3n) is 2.96. The minimum absolute atomic E-state index is 0.225. The quantitative estimate of drug-likeness (QED) is 0.897. The molecule has 0 radical (unpaired) electrons. The van der Waals surface area contributed by atoms with E-state index in [-0.39, 0.29) is 5.83 Å². The molecule has 1 aromatic carbocycles. The van der Waals surface area contributed by atoms with Crippen LogP contribution in [0.15, 0.2) is 24.3 Å². The minimum atomic E-state index is -0.225. The highest BCUT2D eigenvalue weighted by Crippen LogP contribution is 2.30. The fraction of sp³-hybridized carbons (Fsp3) is 0.200. The molecule has 0 amide bonds. The van der Waals surface area contributed by atoms with Crippen molar-refractivity contribution in [3.63, 3.8) is 0 Å². The van der Waals surface area contributed by atoms with Gasteiger partial charge in [0.2, 0.25) is 0 Å². The summed E-state index contributed by atoms with van der Waals surface area (Å²) in [5.41, 5.74) is 1.59. The van der Waals surface area contributed by atoms with E-state index in [1.54, 1.807) is 31.4 Å². The van der Waals surface area contributed by atoms with Crippen LogP contribution in [0.3, 0.4) is 0 Å². The van der Waals surface area contributed by atoms with Gasteiger partial charge in [-0.1, -0.05) is 17.7 Å². The van der Waals surface area contributed by atoms with Crippen molar-refractivity contribution in [2.24, 2.45) is 0 Å². The molecule has 0 saturated carbocycles. The Balaban J connectivity index is 2.74. The van der Waals surface area contributed by atoms with Crippen molar-refractivity contribution in [1.82, 2.24) is 4.98 Å². The zero-order valence-corrected chi connectivity index (χ0v) is 11.8. The van der Waals surface area contributed by atoms with Gasteiger partial charge < -0.3 is 9.72 Å². The van der Waals surface area contributed by atoms with E-state index in [1.807, 2.05) is 13.0 Å². The largest absolute Gasteiger partial charge is 0.496 e. The lowest BCUT2D eigenvalue weighted by Crippen LogP contribution is -2.22. The zero-order valence-electron chi connectivity index (χ0n) is 11.1. The fourth-order valence-corrected chi connectivity index (χ4v) is 2.19. The summed E-state index contributed by atoms with van der Waals surface area (Å²) < 4.78 is 18.8. The molecule has 0 aliphatic rings. The average molecular weight is 280 g/mol. The predicted octanol–water partition coefficient (Wildman–Crippen LogP) is 3.24. The normalized spacial score (nSPS) is 13.6. The molecule has 0 saturated heterocycles. The monoisotopic (exact) mass is 279 g/mol. The lowest BCUT2D eigenvalue weighted by Gasteiger charge is -2.06. The van der Waals surface area contributed by atoms with E-state index in [2.05, 4.69) is 4.98 Å². The topological polar surface area (TPSA) is 25.0 Å². The van der Waals surface area contributed by atoms with Crippen LogP contribution in [0.5, 0.6) is 5.75 Å². The van der Waals surface area contributed by atoms with Crippen molar-refractivity contribution in [2.75, 3.05) is 7.11 Å². The van der Waals surface area contributed by atoms with Gasteiger partial charge in [0.1, 0.15) is 11.6 Å². The number of rotatable bonds is 2. The van der Waals surface area contributed by atoms with Gasteiger partial charge in [-0.25, -0.2) is 4.39 Å². The number of methoxy groups -OCH3 is 1. The second-order valence-corrected chi connectivity index (χ2v) is 4.61. The molecule has 1 N–H and O–H groups in total. The van der Waals surface area contributed by atoms with Crippen LogP contribution in [0.25, 0.3) is 23.2 Å². The van der Waals surface area contributed by atoms with E-state index >= 15 is 0 Å². The molecule has 100 valence electrons. The van der Waals surface area contributed by atoms with Gasteiger partial charge in [-0.05, 0) is 38.1 Å². The molecule has 0 aliphatic heterocycles. The van der Waals surface area contributed by atoms with E-state index in [0.717, 1.165) is 16.6 Å². The van der Waals surface area contributed by atoms with Gasteiger partial charge in [-0.15, -0.1) is 0 Å². The molecule has 2 aromatic rings. The summed E-state index contributed by atoms with van der Waals surface area (Å²) in [4.78, 5) is 3.18. The van der Waals surface area contributed by atoms with Crippen LogP contribution in [0.4, 0.5) is 4.39 Å². The minimum Gasteiger partial charge on any atom is -0.496 e. The summed E-state index contributed by atoms with van der Waals surface area (Å²) >= 11 is 6.01. The summed E-state index contributed by atoms with van der Waals surface area (Å²) in [5.74, 6) is 0.466. The highest BCUT2D eigenvalue weighted by Gasteiger charge is 2.09.